The first kappa shape index (κ1) is 18.9. The highest BCUT2D eigenvalue weighted by Gasteiger charge is 2.16. The zero-order chi connectivity index (χ0) is 21.5. The molecule has 0 fully saturated rings. The zero-order valence-corrected chi connectivity index (χ0v) is 17.0. The molecule has 0 aliphatic heterocycles. The maximum absolute atomic E-state index is 14.3. The Kier molecular flexibility index (Phi) is 4.43. The Morgan fingerprint density at radius 1 is 1.03 bits per heavy atom. The number of aromatic nitrogens is 6. The average Bonchev–Trinajstić information content (AvgIpc) is 3.06. The van der Waals surface area contributed by atoms with Crippen LogP contribution in [0.25, 0.3) is 22.1 Å². The number of nitrogens with zero attached hydrogens (tertiary/aromatic N) is 6. The van der Waals surface area contributed by atoms with Gasteiger partial charge in [-0.2, -0.15) is 5.10 Å². The molecule has 5 rings (SSSR count). The van der Waals surface area contributed by atoms with Gasteiger partial charge in [0.25, 0.3) is 0 Å². The number of fused-ring (bicyclic) bond motifs is 2. The average molecular weight is 414 g/mol. The van der Waals surface area contributed by atoms with Gasteiger partial charge < -0.3 is 11.1 Å². The van der Waals surface area contributed by atoms with Gasteiger partial charge in [0.05, 0.1) is 34.7 Å². The van der Waals surface area contributed by atoms with Gasteiger partial charge in [-0.1, -0.05) is 12.1 Å². The molecule has 0 atom stereocenters. The highest BCUT2D eigenvalue weighted by atomic mass is 19.1. The molecule has 0 aliphatic rings. The smallest absolute Gasteiger partial charge is 0.163 e. The molecule has 8 nitrogen and oxygen atoms in total. The lowest BCUT2D eigenvalue weighted by atomic mass is 10.1. The molecule has 4 aromatic heterocycles. The summed E-state index contributed by atoms with van der Waals surface area (Å²) in [4.78, 5) is 17.5. The Morgan fingerprint density at radius 3 is 2.71 bits per heavy atom. The van der Waals surface area contributed by atoms with Gasteiger partial charge in [-0.05, 0) is 43.7 Å². The Hall–Kier alpha value is -4.14. The fraction of sp³-hybridized carbons (Fsp3) is 0.136. The van der Waals surface area contributed by atoms with Crippen LogP contribution in [0.5, 0.6) is 0 Å². The molecule has 5 aromatic rings. The maximum atomic E-state index is 14.3. The molecule has 0 saturated heterocycles. The summed E-state index contributed by atoms with van der Waals surface area (Å²) in [5.74, 6) is 0.0517. The second-order valence-corrected chi connectivity index (χ2v) is 7.29. The van der Waals surface area contributed by atoms with Crippen molar-refractivity contribution in [1.29, 1.82) is 0 Å². The molecule has 0 bridgehead atoms. The third-order valence-corrected chi connectivity index (χ3v) is 5.16. The van der Waals surface area contributed by atoms with Crippen molar-refractivity contribution in [3.05, 3.63) is 71.7 Å². The molecule has 0 saturated carbocycles. The molecule has 0 spiro atoms. The maximum Gasteiger partial charge on any atom is 0.163 e. The van der Waals surface area contributed by atoms with Gasteiger partial charge in [0.2, 0.25) is 0 Å². The topological polar surface area (TPSA) is 107 Å². The van der Waals surface area contributed by atoms with Gasteiger partial charge in [-0.15, -0.1) is 0 Å². The lowest BCUT2D eigenvalue weighted by Gasteiger charge is -2.14. The number of para-hydroxylation sites is 1. The summed E-state index contributed by atoms with van der Waals surface area (Å²) >= 11 is 0. The van der Waals surface area contributed by atoms with Crippen LogP contribution in [0, 0.1) is 19.7 Å². The predicted molar refractivity (Wildman–Crippen MR) is 118 cm³/mol. The van der Waals surface area contributed by atoms with Gasteiger partial charge in [0.1, 0.15) is 18.0 Å². The van der Waals surface area contributed by atoms with Crippen LogP contribution < -0.4 is 11.1 Å². The van der Waals surface area contributed by atoms with Crippen molar-refractivity contribution in [2.75, 3.05) is 11.1 Å². The molecular weight excluding hydrogens is 395 g/mol. The number of nitrogens with two attached hydrogens (primary N) is 1. The van der Waals surface area contributed by atoms with Gasteiger partial charge in [0.15, 0.2) is 11.3 Å². The summed E-state index contributed by atoms with van der Waals surface area (Å²) in [5, 5.41) is 9.33. The van der Waals surface area contributed by atoms with Gasteiger partial charge in [0, 0.05) is 11.6 Å². The number of rotatable bonds is 4. The van der Waals surface area contributed by atoms with Crippen LogP contribution in [0.15, 0.2) is 48.9 Å². The van der Waals surface area contributed by atoms with Gasteiger partial charge in [-0.25, -0.2) is 29.0 Å². The molecule has 9 heteroatoms. The minimum atomic E-state index is -0.337. The van der Waals surface area contributed by atoms with Crippen molar-refractivity contribution in [3.63, 3.8) is 0 Å². The number of nitrogen functional groups attached to an aromatic ring is 1. The molecule has 4 heterocycles. The van der Waals surface area contributed by atoms with Gasteiger partial charge in [-0.3, -0.25) is 0 Å². The fourth-order valence-electron chi connectivity index (χ4n) is 3.73. The van der Waals surface area contributed by atoms with E-state index in [1.807, 2.05) is 26.0 Å². The number of pyridine rings is 2. The molecule has 31 heavy (non-hydrogen) atoms. The lowest BCUT2D eigenvalue weighted by molar-refractivity contribution is 0.632. The van der Waals surface area contributed by atoms with E-state index in [1.54, 1.807) is 29.1 Å². The predicted octanol–water partition coefficient (Wildman–Crippen LogP) is 3.90. The summed E-state index contributed by atoms with van der Waals surface area (Å²) in [6.45, 7) is 4.18. The molecule has 0 amide bonds. The minimum absolute atomic E-state index is 0.337. The van der Waals surface area contributed by atoms with Crippen LogP contribution in [0.4, 0.5) is 21.6 Å². The Balaban J connectivity index is 1.64. The second kappa shape index (κ2) is 7.28. The monoisotopic (exact) mass is 414 g/mol. The highest BCUT2D eigenvalue weighted by molar-refractivity contribution is 5.94. The summed E-state index contributed by atoms with van der Waals surface area (Å²) in [7, 11) is 0. The van der Waals surface area contributed by atoms with Crippen molar-refractivity contribution in [2.45, 2.75) is 20.4 Å². The van der Waals surface area contributed by atoms with Crippen LogP contribution in [-0.4, -0.2) is 29.7 Å². The van der Waals surface area contributed by atoms with Crippen LogP contribution in [0.3, 0.4) is 0 Å². The highest BCUT2D eigenvalue weighted by Crippen LogP contribution is 2.30. The first-order chi connectivity index (χ1) is 15.0. The summed E-state index contributed by atoms with van der Waals surface area (Å²) in [5.41, 5.74) is 10.7. The van der Waals surface area contributed by atoms with Gasteiger partial charge >= 0.3 is 0 Å². The van der Waals surface area contributed by atoms with E-state index in [4.69, 9.17) is 10.7 Å². The lowest BCUT2D eigenvalue weighted by Crippen LogP contribution is -2.07. The van der Waals surface area contributed by atoms with E-state index in [-0.39, 0.29) is 5.82 Å². The molecule has 0 radical (unpaired) electrons. The first-order valence-corrected chi connectivity index (χ1v) is 9.71. The van der Waals surface area contributed by atoms with Crippen molar-refractivity contribution in [3.8, 4) is 0 Å². The number of aryl methyl sites for hydroxylation is 2. The standard InChI is InChI=1S/C22H19FN8/c1-12-7-8-25-21-18(12)17(29-16-6-4-3-5-15(16)23)9-14(28-21)10-31-22-19(13(2)30-31)20(24)26-11-27-22/h3-9,11H,10H2,1-2H3,(H2,24,26,27)(H,25,28,29). The minimum Gasteiger partial charge on any atom is -0.383 e. The van der Waals surface area contributed by atoms with E-state index in [0.717, 1.165) is 27.7 Å². The van der Waals surface area contributed by atoms with Crippen LogP contribution in [-0.2, 0) is 6.54 Å². The molecule has 0 unspecified atom stereocenters. The van der Waals surface area contributed by atoms with Crippen molar-refractivity contribution in [2.24, 2.45) is 0 Å². The molecule has 3 N–H and O–H groups in total. The summed E-state index contributed by atoms with van der Waals surface area (Å²) in [6, 6.07) is 10.3. The van der Waals surface area contributed by atoms with E-state index in [1.165, 1.54) is 12.4 Å². The summed E-state index contributed by atoms with van der Waals surface area (Å²) < 4.78 is 16.0. The van der Waals surface area contributed by atoms with Crippen molar-refractivity contribution in [1.82, 2.24) is 29.7 Å². The third kappa shape index (κ3) is 3.29. The Bertz CT molecular complexity index is 1440. The molecular formula is C22H19FN8. The first-order valence-electron chi connectivity index (χ1n) is 9.71. The van der Waals surface area contributed by atoms with Crippen molar-refractivity contribution < 1.29 is 4.39 Å². The normalized spacial score (nSPS) is 11.3. The Labute approximate surface area is 177 Å². The fourth-order valence-corrected chi connectivity index (χ4v) is 3.73. The van der Waals surface area contributed by atoms with Crippen LogP contribution in [0.2, 0.25) is 0 Å². The SMILES string of the molecule is Cc1ccnc2nc(Cn3nc(C)c4c(N)ncnc43)cc(Nc3ccccc3F)c12. The number of halogens is 1. The number of nitrogens with one attached hydrogen (secondary N) is 1. The largest absolute Gasteiger partial charge is 0.383 e. The number of anilines is 3. The molecule has 0 aliphatic carbocycles. The quantitative estimate of drug-likeness (QED) is 0.459. The summed E-state index contributed by atoms with van der Waals surface area (Å²) in [6.07, 6.45) is 3.13. The van der Waals surface area contributed by atoms with E-state index >= 15 is 0 Å². The van der Waals surface area contributed by atoms with Crippen LogP contribution in [0.1, 0.15) is 17.0 Å². The van der Waals surface area contributed by atoms with E-state index < -0.39 is 0 Å². The van der Waals surface area contributed by atoms with Crippen LogP contribution >= 0.6 is 0 Å². The second-order valence-electron chi connectivity index (χ2n) is 7.29. The number of hydrogen-bond acceptors (Lipinski definition) is 7. The van der Waals surface area contributed by atoms with E-state index in [2.05, 4.69) is 25.4 Å². The van der Waals surface area contributed by atoms with Crippen molar-refractivity contribution >= 4 is 39.3 Å². The van der Waals surface area contributed by atoms with E-state index in [9.17, 15) is 4.39 Å². The zero-order valence-electron chi connectivity index (χ0n) is 17.0. The third-order valence-electron chi connectivity index (χ3n) is 5.16. The Morgan fingerprint density at radius 2 is 1.87 bits per heavy atom. The molecule has 154 valence electrons. The number of hydrogen-bond donors (Lipinski definition) is 2. The van der Waals surface area contributed by atoms with E-state index in [0.29, 0.717) is 35.0 Å². The number of benzene rings is 1. The molecule has 1 aromatic carbocycles.